The average molecular weight is 294 g/mol. The van der Waals surface area contributed by atoms with Crippen molar-refractivity contribution >= 4 is 32.5 Å². The first-order valence-corrected chi connectivity index (χ1v) is 5.79. The molecule has 0 aliphatic carbocycles. The van der Waals surface area contributed by atoms with E-state index in [1.807, 2.05) is 18.2 Å². The van der Waals surface area contributed by atoms with Gasteiger partial charge in [0.15, 0.2) is 5.65 Å². The van der Waals surface area contributed by atoms with Gasteiger partial charge < -0.3 is 5.11 Å². The lowest BCUT2D eigenvalue weighted by Crippen LogP contribution is -2.10. The van der Waals surface area contributed by atoms with Crippen LogP contribution in [0.5, 0.6) is 0 Å². The predicted molar refractivity (Wildman–Crippen MR) is 66.9 cm³/mol. The Morgan fingerprint density at radius 2 is 2.24 bits per heavy atom. The highest BCUT2D eigenvalue weighted by molar-refractivity contribution is 9.10. The van der Waals surface area contributed by atoms with Crippen molar-refractivity contribution in [2.75, 3.05) is 0 Å². The molecule has 0 radical (unpaired) electrons. The summed E-state index contributed by atoms with van der Waals surface area (Å²) in [4.78, 5) is 11.7. The standard InChI is InChI=1S/C11H8BrN3O2/c12-7-1-2-8-6(5-16)3-10-13-14-11(17)15(10)9(8)4-7/h1-4,16H,5H2,(H,14,17). The first kappa shape index (κ1) is 10.5. The minimum atomic E-state index is -0.285. The van der Waals surface area contributed by atoms with Crippen LogP contribution in [0.4, 0.5) is 0 Å². The number of aromatic nitrogens is 3. The van der Waals surface area contributed by atoms with Gasteiger partial charge >= 0.3 is 5.69 Å². The summed E-state index contributed by atoms with van der Waals surface area (Å²) < 4.78 is 2.36. The molecule has 2 N–H and O–H groups in total. The van der Waals surface area contributed by atoms with Gasteiger partial charge in [-0.05, 0) is 23.8 Å². The van der Waals surface area contributed by atoms with Crippen molar-refractivity contribution in [2.24, 2.45) is 0 Å². The zero-order valence-electron chi connectivity index (χ0n) is 8.64. The molecule has 2 aromatic heterocycles. The number of aromatic amines is 1. The van der Waals surface area contributed by atoms with E-state index < -0.39 is 0 Å². The molecule has 3 rings (SSSR count). The predicted octanol–water partition coefficient (Wildman–Crippen LogP) is 1.43. The summed E-state index contributed by atoms with van der Waals surface area (Å²) >= 11 is 3.37. The molecule has 3 aromatic rings. The van der Waals surface area contributed by atoms with Crippen LogP contribution in [0.2, 0.25) is 0 Å². The Bertz CT molecular complexity index is 775. The number of aliphatic hydroxyl groups excluding tert-OH is 1. The molecule has 0 atom stereocenters. The molecule has 0 aliphatic heterocycles. The fourth-order valence-electron chi connectivity index (χ4n) is 1.96. The topological polar surface area (TPSA) is 70.4 Å². The zero-order valence-corrected chi connectivity index (χ0v) is 10.2. The number of hydrogen-bond donors (Lipinski definition) is 2. The fourth-order valence-corrected chi connectivity index (χ4v) is 2.31. The summed E-state index contributed by atoms with van der Waals surface area (Å²) in [7, 11) is 0. The van der Waals surface area contributed by atoms with Gasteiger partial charge in [-0.25, -0.2) is 14.3 Å². The van der Waals surface area contributed by atoms with Crippen LogP contribution in [-0.2, 0) is 6.61 Å². The van der Waals surface area contributed by atoms with E-state index in [0.717, 1.165) is 20.9 Å². The normalized spacial score (nSPS) is 11.4. The van der Waals surface area contributed by atoms with Crippen molar-refractivity contribution in [2.45, 2.75) is 6.61 Å². The lowest BCUT2D eigenvalue weighted by atomic mass is 10.1. The summed E-state index contributed by atoms with van der Waals surface area (Å²) in [6.07, 6.45) is 0. The number of hydrogen-bond acceptors (Lipinski definition) is 3. The lowest BCUT2D eigenvalue weighted by molar-refractivity contribution is 0.283. The fraction of sp³-hybridized carbons (Fsp3) is 0.0909. The summed E-state index contributed by atoms with van der Waals surface area (Å²) in [6, 6.07) is 7.27. The Morgan fingerprint density at radius 3 is 3.00 bits per heavy atom. The van der Waals surface area contributed by atoms with Crippen LogP contribution in [0.15, 0.2) is 33.5 Å². The molecule has 0 bridgehead atoms. The summed E-state index contributed by atoms with van der Waals surface area (Å²) in [5.74, 6) is 0. The monoisotopic (exact) mass is 293 g/mol. The Hall–Kier alpha value is -1.66. The highest BCUT2D eigenvalue weighted by Crippen LogP contribution is 2.23. The minimum Gasteiger partial charge on any atom is -0.392 e. The van der Waals surface area contributed by atoms with Gasteiger partial charge in [0.1, 0.15) is 0 Å². The van der Waals surface area contributed by atoms with Crippen molar-refractivity contribution in [1.29, 1.82) is 0 Å². The van der Waals surface area contributed by atoms with E-state index in [-0.39, 0.29) is 12.3 Å². The molecule has 2 heterocycles. The molecule has 5 nitrogen and oxygen atoms in total. The van der Waals surface area contributed by atoms with E-state index in [1.165, 1.54) is 4.40 Å². The van der Waals surface area contributed by atoms with Crippen LogP contribution >= 0.6 is 15.9 Å². The van der Waals surface area contributed by atoms with Crippen LogP contribution in [0.1, 0.15) is 5.56 Å². The van der Waals surface area contributed by atoms with Crippen LogP contribution in [0, 0.1) is 0 Å². The van der Waals surface area contributed by atoms with Gasteiger partial charge in [-0.2, -0.15) is 5.10 Å². The number of rotatable bonds is 1. The second-order valence-corrected chi connectivity index (χ2v) is 4.63. The van der Waals surface area contributed by atoms with E-state index >= 15 is 0 Å². The highest BCUT2D eigenvalue weighted by atomic mass is 79.9. The van der Waals surface area contributed by atoms with Gasteiger partial charge in [-0.1, -0.05) is 22.0 Å². The lowest BCUT2D eigenvalue weighted by Gasteiger charge is -2.06. The van der Waals surface area contributed by atoms with Crippen molar-refractivity contribution < 1.29 is 5.11 Å². The first-order valence-electron chi connectivity index (χ1n) is 5.00. The summed E-state index contributed by atoms with van der Waals surface area (Å²) in [6.45, 7) is -0.0876. The molecule has 86 valence electrons. The molecule has 0 saturated heterocycles. The van der Waals surface area contributed by atoms with Crippen LogP contribution < -0.4 is 5.69 Å². The van der Waals surface area contributed by atoms with E-state index in [9.17, 15) is 9.90 Å². The molecule has 0 spiro atoms. The van der Waals surface area contributed by atoms with Gasteiger partial charge in [0.2, 0.25) is 0 Å². The van der Waals surface area contributed by atoms with Crippen LogP contribution in [0.25, 0.3) is 16.6 Å². The number of nitrogens with zero attached hydrogens (tertiary/aromatic N) is 2. The number of fused-ring (bicyclic) bond motifs is 3. The van der Waals surface area contributed by atoms with Gasteiger partial charge in [-0.3, -0.25) is 0 Å². The maximum Gasteiger partial charge on any atom is 0.348 e. The molecular weight excluding hydrogens is 286 g/mol. The molecule has 0 amide bonds. The molecule has 0 unspecified atom stereocenters. The Kier molecular flexibility index (Phi) is 2.27. The van der Waals surface area contributed by atoms with Crippen molar-refractivity contribution in [3.05, 3.63) is 44.8 Å². The van der Waals surface area contributed by atoms with Gasteiger partial charge in [0, 0.05) is 9.86 Å². The molecule has 17 heavy (non-hydrogen) atoms. The van der Waals surface area contributed by atoms with Gasteiger partial charge in [0.25, 0.3) is 0 Å². The Labute approximate surface area is 104 Å². The van der Waals surface area contributed by atoms with E-state index in [1.54, 1.807) is 6.07 Å². The summed E-state index contributed by atoms with van der Waals surface area (Å²) in [5.41, 5.74) is 1.69. The van der Waals surface area contributed by atoms with E-state index in [0.29, 0.717) is 5.65 Å². The largest absolute Gasteiger partial charge is 0.392 e. The maximum absolute atomic E-state index is 11.7. The van der Waals surface area contributed by atoms with Crippen molar-refractivity contribution in [1.82, 2.24) is 14.6 Å². The van der Waals surface area contributed by atoms with Crippen molar-refractivity contribution in [3.8, 4) is 0 Å². The van der Waals surface area contributed by atoms with Crippen LogP contribution in [-0.4, -0.2) is 19.7 Å². The molecule has 0 saturated carbocycles. The van der Waals surface area contributed by atoms with Crippen LogP contribution in [0.3, 0.4) is 0 Å². The SMILES string of the molecule is O=c1[nH]nc2cc(CO)c3ccc(Br)cc3n12. The van der Waals surface area contributed by atoms with Crippen molar-refractivity contribution in [3.63, 3.8) is 0 Å². The van der Waals surface area contributed by atoms with E-state index in [2.05, 4.69) is 26.1 Å². The molecule has 1 aromatic carbocycles. The number of aliphatic hydroxyl groups is 1. The first-order chi connectivity index (χ1) is 8.20. The maximum atomic E-state index is 11.7. The zero-order chi connectivity index (χ0) is 12.0. The molecular formula is C11H8BrN3O2. The third kappa shape index (κ3) is 1.49. The smallest absolute Gasteiger partial charge is 0.348 e. The van der Waals surface area contributed by atoms with Gasteiger partial charge in [-0.15, -0.1) is 0 Å². The number of H-pyrrole nitrogens is 1. The third-order valence-corrected chi connectivity index (χ3v) is 3.21. The number of pyridine rings is 1. The quantitative estimate of drug-likeness (QED) is 0.713. The number of halogens is 1. The van der Waals surface area contributed by atoms with E-state index in [4.69, 9.17) is 0 Å². The molecule has 6 heteroatoms. The average Bonchev–Trinajstić information content (AvgIpc) is 2.70. The summed E-state index contributed by atoms with van der Waals surface area (Å²) in [5, 5.41) is 16.5. The molecule has 0 aliphatic rings. The number of benzene rings is 1. The highest BCUT2D eigenvalue weighted by Gasteiger charge is 2.09. The Balaban J connectivity index is 2.64. The second kappa shape index (κ2) is 3.68. The second-order valence-electron chi connectivity index (χ2n) is 3.71. The Morgan fingerprint density at radius 1 is 1.41 bits per heavy atom. The third-order valence-electron chi connectivity index (χ3n) is 2.72. The minimum absolute atomic E-state index is 0.0876. The molecule has 0 fully saturated rings. The number of nitrogens with one attached hydrogen (secondary N) is 1. The van der Waals surface area contributed by atoms with Gasteiger partial charge in [0.05, 0.1) is 12.1 Å².